The van der Waals surface area contributed by atoms with Gasteiger partial charge in [0, 0.05) is 12.5 Å². The Morgan fingerprint density at radius 3 is 2.00 bits per heavy atom. The van der Waals surface area contributed by atoms with Gasteiger partial charge in [0.2, 0.25) is 0 Å². The molecule has 0 unspecified atom stereocenters. The highest BCUT2D eigenvalue weighted by Gasteiger charge is 2.11. The Labute approximate surface area is 111 Å². The van der Waals surface area contributed by atoms with Crippen LogP contribution in [0.5, 0.6) is 0 Å². The molecule has 0 aliphatic rings. The number of hydrogen-bond acceptors (Lipinski definition) is 3. The number of benzene rings is 1. The number of rotatable bonds is 3. The lowest BCUT2D eigenvalue weighted by atomic mass is 10.0. The Kier molecular flexibility index (Phi) is 12.3. The van der Waals surface area contributed by atoms with E-state index in [2.05, 4.69) is 9.99 Å². The highest BCUT2D eigenvalue weighted by atomic mass is 16.6. The number of carbonyl (C=O) groups excluding carboxylic acids is 1. The van der Waals surface area contributed by atoms with Gasteiger partial charge in [-0.1, -0.05) is 57.1 Å². The van der Waals surface area contributed by atoms with E-state index < -0.39 is 0 Å². The van der Waals surface area contributed by atoms with Crippen LogP contribution in [0.15, 0.2) is 29.4 Å². The summed E-state index contributed by atoms with van der Waals surface area (Å²) in [4.78, 5) is 15.9. The number of ketones is 1. The van der Waals surface area contributed by atoms with Crippen LogP contribution in [0, 0.1) is 6.92 Å². The monoisotopic (exact) mass is 251 g/mol. The molecule has 0 aliphatic carbocycles. The molecule has 0 fully saturated rings. The fourth-order valence-electron chi connectivity index (χ4n) is 1.23. The molecule has 3 heteroatoms. The van der Waals surface area contributed by atoms with Crippen LogP contribution in [-0.2, 0) is 9.63 Å². The standard InChI is InChI=1S/C11H13NO2.2C2H6/c1-8-6-4-5-7-10(8)11(9(2)13)12-14-3;2*1-2/h4-7H,1-3H3;2*1-2H3/b12-11-;;. The van der Waals surface area contributed by atoms with Gasteiger partial charge in [-0.05, 0) is 12.5 Å². The van der Waals surface area contributed by atoms with E-state index in [1.165, 1.54) is 14.0 Å². The Hall–Kier alpha value is -1.64. The van der Waals surface area contributed by atoms with E-state index in [1.54, 1.807) is 0 Å². The topological polar surface area (TPSA) is 38.7 Å². The number of oxime groups is 1. The Bertz CT molecular complexity index is 371. The van der Waals surface area contributed by atoms with Crippen molar-refractivity contribution in [3.63, 3.8) is 0 Å². The molecule has 0 saturated heterocycles. The van der Waals surface area contributed by atoms with Crippen LogP contribution in [0.25, 0.3) is 0 Å². The van der Waals surface area contributed by atoms with E-state index in [9.17, 15) is 4.79 Å². The van der Waals surface area contributed by atoms with Crippen molar-refractivity contribution in [3.8, 4) is 0 Å². The second kappa shape index (κ2) is 11.8. The van der Waals surface area contributed by atoms with Gasteiger partial charge in [-0.15, -0.1) is 0 Å². The van der Waals surface area contributed by atoms with Crippen LogP contribution in [-0.4, -0.2) is 18.6 Å². The number of hydrogen-bond donors (Lipinski definition) is 0. The third-order valence-electron chi connectivity index (χ3n) is 1.92. The van der Waals surface area contributed by atoms with Crippen LogP contribution in [0.2, 0.25) is 0 Å². The van der Waals surface area contributed by atoms with Crippen molar-refractivity contribution in [1.82, 2.24) is 0 Å². The second-order valence-corrected chi connectivity index (χ2v) is 2.99. The molecule has 102 valence electrons. The molecule has 0 amide bonds. The Balaban J connectivity index is 0. The van der Waals surface area contributed by atoms with E-state index in [-0.39, 0.29) is 5.78 Å². The predicted molar refractivity (Wildman–Crippen MR) is 78.1 cm³/mol. The minimum absolute atomic E-state index is 0.0962. The SMILES string of the molecule is CC.CC.CO/N=C(/C(C)=O)c1ccccc1C. The molecular weight excluding hydrogens is 226 g/mol. The summed E-state index contributed by atoms with van der Waals surface area (Å²) in [6.45, 7) is 11.4. The fraction of sp³-hybridized carbons (Fsp3) is 0.467. The maximum atomic E-state index is 11.3. The zero-order valence-corrected chi connectivity index (χ0v) is 12.6. The molecule has 0 spiro atoms. The Morgan fingerprint density at radius 2 is 1.61 bits per heavy atom. The lowest BCUT2D eigenvalue weighted by Gasteiger charge is -2.04. The van der Waals surface area contributed by atoms with Gasteiger partial charge >= 0.3 is 0 Å². The molecule has 0 aliphatic heterocycles. The van der Waals surface area contributed by atoms with E-state index in [1.807, 2.05) is 58.9 Å². The summed E-state index contributed by atoms with van der Waals surface area (Å²) in [7, 11) is 1.43. The van der Waals surface area contributed by atoms with Gasteiger partial charge in [0.25, 0.3) is 0 Å². The summed E-state index contributed by atoms with van der Waals surface area (Å²) >= 11 is 0. The summed E-state index contributed by atoms with van der Waals surface area (Å²) in [5.41, 5.74) is 2.20. The first-order valence-corrected chi connectivity index (χ1v) is 6.35. The molecule has 3 nitrogen and oxygen atoms in total. The first-order valence-electron chi connectivity index (χ1n) is 6.35. The molecule has 0 bridgehead atoms. The minimum Gasteiger partial charge on any atom is -0.399 e. The van der Waals surface area contributed by atoms with Crippen LogP contribution in [0.1, 0.15) is 45.7 Å². The highest BCUT2D eigenvalue weighted by Crippen LogP contribution is 2.09. The molecule has 18 heavy (non-hydrogen) atoms. The summed E-state index contributed by atoms with van der Waals surface area (Å²) < 4.78 is 0. The van der Waals surface area contributed by atoms with E-state index in [0.29, 0.717) is 5.71 Å². The fourth-order valence-corrected chi connectivity index (χ4v) is 1.23. The van der Waals surface area contributed by atoms with Crippen molar-refractivity contribution in [2.75, 3.05) is 7.11 Å². The third-order valence-corrected chi connectivity index (χ3v) is 1.92. The van der Waals surface area contributed by atoms with Crippen LogP contribution < -0.4 is 0 Å². The Morgan fingerprint density at radius 1 is 1.11 bits per heavy atom. The van der Waals surface area contributed by atoms with Gasteiger partial charge < -0.3 is 4.84 Å². The zero-order valence-electron chi connectivity index (χ0n) is 12.6. The lowest BCUT2D eigenvalue weighted by Crippen LogP contribution is -2.13. The van der Waals surface area contributed by atoms with Crippen molar-refractivity contribution in [2.24, 2.45) is 5.16 Å². The van der Waals surface area contributed by atoms with Crippen molar-refractivity contribution < 1.29 is 9.63 Å². The van der Waals surface area contributed by atoms with Crippen molar-refractivity contribution in [2.45, 2.75) is 41.5 Å². The first-order chi connectivity index (χ1) is 8.66. The molecular formula is C15H25NO2. The average molecular weight is 251 g/mol. The number of carbonyl (C=O) groups is 1. The second-order valence-electron chi connectivity index (χ2n) is 2.99. The molecule has 0 saturated carbocycles. The molecule has 0 N–H and O–H groups in total. The van der Waals surface area contributed by atoms with Gasteiger partial charge in [0.1, 0.15) is 7.11 Å². The van der Waals surface area contributed by atoms with Crippen LogP contribution in [0.4, 0.5) is 0 Å². The molecule has 1 rings (SSSR count). The molecule has 0 atom stereocenters. The molecule has 1 aromatic carbocycles. The molecule has 0 radical (unpaired) electrons. The quantitative estimate of drug-likeness (QED) is 0.602. The van der Waals surface area contributed by atoms with Gasteiger partial charge in [-0.25, -0.2) is 0 Å². The van der Waals surface area contributed by atoms with Crippen molar-refractivity contribution in [3.05, 3.63) is 35.4 Å². The normalized spacial score (nSPS) is 9.39. The van der Waals surface area contributed by atoms with Crippen molar-refractivity contribution in [1.29, 1.82) is 0 Å². The number of nitrogens with zero attached hydrogens (tertiary/aromatic N) is 1. The number of Topliss-reactive ketones (excluding diaryl/α,β-unsaturated/α-hetero) is 1. The predicted octanol–water partition coefficient (Wildman–Crippen LogP) is 3.99. The molecule has 0 heterocycles. The van der Waals surface area contributed by atoms with Crippen molar-refractivity contribution >= 4 is 11.5 Å². The zero-order chi connectivity index (χ0) is 14.6. The van der Waals surface area contributed by atoms with Crippen LogP contribution in [0.3, 0.4) is 0 Å². The lowest BCUT2D eigenvalue weighted by molar-refractivity contribution is -0.111. The van der Waals surface area contributed by atoms with E-state index >= 15 is 0 Å². The maximum Gasteiger partial charge on any atom is 0.182 e. The molecule has 1 aromatic rings. The summed E-state index contributed by atoms with van der Waals surface area (Å²) in [6.07, 6.45) is 0. The van der Waals surface area contributed by atoms with Gasteiger partial charge in [0.05, 0.1) is 0 Å². The first kappa shape index (κ1) is 18.7. The maximum absolute atomic E-state index is 11.3. The van der Waals surface area contributed by atoms with Gasteiger partial charge in [-0.3, -0.25) is 4.79 Å². The van der Waals surface area contributed by atoms with Gasteiger partial charge in [-0.2, -0.15) is 0 Å². The molecule has 0 aromatic heterocycles. The largest absolute Gasteiger partial charge is 0.399 e. The van der Waals surface area contributed by atoms with E-state index in [0.717, 1.165) is 11.1 Å². The summed E-state index contributed by atoms with van der Waals surface area (Å²) in [5, 5.41) is 3.72. The third kappa shape index (κ3) is 6.18. The summed E-state index contributed by atoms with van der Waals surface area (Å²) in [6, 6.07) is 7.58. The average Bonchev–Trinajstić information content (AvgIpc) is 2.41. The van der Waals surface area contributed by atoms with E-state index in [4.69, 9.17) is 0 Å². The summed E-state index contributed by atoms with van der Waals surface area (Å²) in [5.74, 6) is -0.0962. The number of aryl methyl sites for hydroxylation is 1. The van der Waals surface area contributed by atoms with Crippen LogP contribution >= 0.6 is 0 Å². The van der Waals surface area contributed by atoms with Gasteiger partial charge in [0.15, 0.2) is 11.5 Å². The smallest absolute Gasteiger partial charge is 0.182 e. The minimum atomic E-state index is -0.0962. The highest BCUT2D eigenvalue weighted by molar-refractivity contribution is 6.45.